The van der Waals surface area contributed by atoms with E-state index in [9.17, 15) is 9.59 Å². The molecule has 9 heteroatoms. The molecule has 0 aliphatic carbocycles. The van der Waals surface area contributed by atoms with Gasteiger partial charge in [0.25, 0.3) is 11.7 Å². The fourth-order valence-corrected chi connectivity index (χ4v) is 1.93. The molecular weight excluding hydrogens is 278 g/mol. The number of nitrogens with one attached hydrogen (secondary N) is 1. The molecule has 0 aromatic carbocycles. The van der Waals surface area contributed by atoms with Gasteiger partial charge in [-0.2, -0.15) is 10.1 Å². The van der Waals surface area contributed by atoms with Gasteiger partial charge in [-0.05, 0) is 6.42 Å². The van der Waals surface area contributed by atoms with Crippen LogP contribution in [0.25, 0.3) is 5.78 Å². The number of fused-ring (bicyclic) bond motifs is 1. The first kappa shape index (κ1) is 14.9. The van der Waals surface area contributed by atoms with E-state index in [1.165, 1.54) is 24.1 Å². The zero-order valence-corrected chi connectivity index (χ0v) is 11.6. The Bertz CT molecular complexity index is 669. The van der Waals surface area contributed by atoms with Crippen molar-refractivity contribution in [3.05, 3.63) is 23.8 Å². The third kappa shape index (κ3) is 2.97. The maximum Gasteiger partial charge on any atom is 0.328 e. The van der Waals surface area contributed by atoms with E-state index in [0.717, 1.165) is 0 Å². The monoisotopic (exact) mass is 293 g/mol. The summed E-state index contributed by atoms with van der Waals surface area (Å²) in [5.41, 5.74) is 0.870. The maximum atomic E-state index is 12.2. The predicted molar refractivity (Wildman–Crippen MR) is 70.9 cm³/mol. The zero-order valence-electron chi connectivity index (χ0n) is 11.6. The molecule has 1 amide bonds. The lowest BCUT2D eigenvalue weighted by molar-refractivity contribution is -0.140. The number of carbonyl (C=O) groups excluding carboxylic acids is 1. The van der Waals surface area contributed by atoms with Gasteiger partial charge in [0, 0.05) is 13.3 Å². The minimum absolute atomic E-state index is 0.123. The SMILES string of the molecule is CCc1c(C(=O)NC(COC)C(=O)O)cnc2ncnn12. The summed E-state index contributed by atoms with van der Waals surface area (Å²) in [5, 5.41) is 15.4. The van der Waals surface area contributed by atoms with Crippen molar-refractivity contribution in [2.45, 2.75) is 19.4 Å². The predicted octanol–water partition coefficient (Wildman–Crippen LogP) is -0.484. The van der Waals surface area contributed by atoms with Gasteiger partial charge in [0.1, 0.15) is 6.33 Å². The average molecular weight is 293 g/mol. The quantitative estimate of drug-likeness (QED) is 0.738. The molecule has 0 saturated heterocycles. The summed E-state index contributed by atoms with van der Waals surface area (Å²) in [6, 6.07) is -1.13. The largest absolute Gasteiger partial charge is 0.480 e. The number of aliphatic carboxylic acids is 1. The van der Waals surface area contributed by atoms with Crippen LogP contribution in [0.2, 0.25) is 0 Å². The van der Waals surface area contributed by atoms with E-state index < -0.39 is 17.9 Å². The fourth-order valence-electron chi connectivity index (χ4n) is 1.93. The molecule has 2 heterocycles. The summed E-state index contributed by atoms with van der Waals surface area (Å²) in [6.07, 6.45) is 3.23. The Balaban J connectivity index is 2.32. The van der Waals surface area contributed by atoms with Crippen LogP contribution in [0.4, 0.5) is 0 Å². The van der Waals surface area contributed by atoms with Crippen molar-refractivity contribution >= 4 is 17.7 Å². The Morgan fingerprint density at radius 3 is 2.86 bits per heavy atom. The smallest absolute Gasteiger partial charge is 0.328 e. The molecule has 1 atom stereocenters. The number of amides is 1. The summed E-state index contributed by atoms with van der Waals surface area (Å²) < 4.78 is 6.24. The van der Waals surface area contributed by atoms with Crippen LogP contribution in [-0.2, 0) is 16.0 Å². The van der Waals surface area contributed by atoms with Crippen molar-refractivity contribution in [2.75, 3.05) is 13.7 Å². The highest BCUT2D eigenvalue weighted by Crippen LogP contribution is 2.10. The number of hydrogen-bond donors (Lipinski definition) is 2. The third-order valence-electron chi connectivity index (χ3n) is 2.92. The second-order valence-corrected chi connectivity index (χ2v) is 4.26. The number of nitrogens with zero attached hydrogens (tertiary/aromatic N) is 4. The number of carboxylic acids is 1. The van der Waals surface area contributed by atoms with E-state index >= 15 is 0 Å². The normalized spacial score (nSPS) is 12.3. The van der Waals surface area contributed by atoms with Crippen LogP contribution in [0.5, 0.6) is 0 Å². The van der Waals surface area contributed by atoms with E-state index in [0.29, 0.717) is 17.9 Å². The highest BCUT2D eigenvalue weighted by Gasteiger charge is 2.23. The minimum Gasteiger partial charge on any atom is -0.480 e. The number of carbonyl (C=O) groups is 2. The molecule has 2 rings (SSSR count). The van der Waals surface area contributed by atoms with Crippen LogP contribution in [0, 0.1) is 0 Å². The van der Waals surface area contributed by atoms with E-state index in [1.807, 2.05) is 6.92 Å². The molecule has 0 spiro atoms. The van der Waals surface area contributed by atoms with E-state index in [1.54, 1.807) is 0 Å². The highest BCUT2D eigenvalue weighted by atomic mass is 16.5. The standard InChI is InChI=1S/C12H15N5O4/c1-3-9-7(4-13-12-14-6-15-17(9)12)10(18)16-8(5-21-2)11(19)20/h4,6,8H,3,5H2,1-2H3,(H,16,18)(H,19,20). The minimum atomic E-state index is -1.17. The summed E-state index contributed by atoms with van der Waals surface area (Å²) >= 11 is 0. The van der Waals surface area contributed by atoms with Crippen molar-refractivity contribution in [2.24, 2.45) is 0 Å². The fraction of sp³-hybridized carbons (Fsp3) is 0.417. The second-order valence-electron chi connectivity index (χ2n) is 4.26. The van der Waals surface area contributed by atoms with E-state index in [4.69, 9.17) is 9.84 Å². The second kappa shape index (κ2) is 6.27. The number of methoxy groups -OCH3 is 1. The molecule has 2 aromatic rings. The molecule has 0 bridgehead atoms. The van der Waals surface area contributed by atoms with Crippen molar-refractivity contribution in [3.8, 4) is 0 Å². The zero-order chi connectivity index (χ0) is 15.4. The van der Waals surface area contributed by atoms with Gasteiger partial charge in [-0.3, -0.25) is 4.79 Å². The summed E-state index contributed by atoms with van der Waals surface area (Å²) in [5.74, 6) is -1.32. The van der Waals surface area contributed by atoms with Crippen molar-refractivity contribution in [1.82, 2.24) is 24.9 Å². The molecule has 2 N–H and O–H groups in total. The molecular formula is C12H15N5O4. The van der Waals surface area contributed by atoms with Gasteiger partial charge < -0.3 is 15.2 Å². The highest BCUT2D eigenvalue weighted by molar-refractivity contribution is 5.97. The van der Waals surface area contributed by atoms with Gasteiger partial charge in [-0.1, -0.05) is 6.92 Å². The van der Waals surface area contributed by atoms with Gasteiger partial charge in [0.05, 0.1) is 17.9 Å². The Morgan fingerprint density at radius 2 is 2.24 bits per heavy atom. The number of carboxylic acid groups (broad SMARTS) is 1. The van der Waals surface area contributed by atoms with Crippen LogP contribution in [0.1, 0.15) is 23.0 Å². The Hall–Kier alpha value is -2.55. The number of hydrogen-bond acceptors (Lipinski definition) is 6. The van der Waals surface area contributed by atoms with Crippen LogP contribution in [-0.4, -0.2) is 56.3 Å². The Morgan fingerprint density at radius 1 is 1.48 bits per heavy atom. The van der Waals surface area contributed by atoms with Gasteiger partial charge in [-0.25, -0.2) is 14.3 Å². The van der Waals surface area contributed by atoms with Gasteiger partial charge in [0.15, 0.2) is 6.04 Å². The maximum absolute atomic E-state index is 12.2. The van der Waals surface area contributed by atoms with Crippen LogP contribution >= 0.6 is 0 Å². The summed E-state index contributed by atoms with van der Waals surface area (Å²) in [7, 11) is 1.36. The van der Waals surface area contributed by atoms with E-state index in [2.05, 4.69) is 20.4 Å². The van der Waals surface area contributed by atoms with Crippen molar-refractivity contribution in [3.63, 3.8) is 0 Å². The van der Waals surface area contributed by atoms with Crippen LogP contribution < -0.4 is 5.32 Å². The molecule has 1 unspecified atom stereocenters. The molecule has 9 nitrogen and oxygen atoms in total. The molecule has 0 aliphatic rings. The van der Waals surface area contributed by atoms with Gasteiger partial charge >= 0.3 is 5.97 Å². The van der Waals surface area contributed by atoms with Crippen LogP contribution in [0.15, 0.2) is 12.5 Å². The molecule has 0 saturated carbocycles. The molecule has 112 valence electrons. The number of aromatic nitrogens is 4. The summed E-state index contributed by atoms with van der Waals surface area (Å²) in [6.45, 7) is 1.73. The van der Waals surface area contributed by atoms with Crippen molar-refractivity contribution < 1.29 is 19.4 Å². The first-order chi connectivity index (χ1) is 10.1. The Labute approximate surface area is 120 Å². The van der Waals surface area contributed by atoms with E-state index in [-0.39, 0.29) is 12.2 Å². The molecule has 2 aromatic heterocycles. The van der Waals surface area contributed by atoms with Gasteiger partial charge in [-0.15, -0.1) is 0 Å². The molecule has 0 fully saturated rings. The third-order valence-corrected chi connectivity index (χ3v) is 2.92. The number of ether oxygens (including phenoxy) is 1. The molecule has 0 radical (unpaired) electrons. The molecule has 0 aliphatic heterocycles. The summed E-state index contributed by atoms with van der Waals surface area (Å²) in [4.78, 5) is 31.3. The first-order valence-electron chi connectivity index (χ1n) is 6.28. The number of aryl methyl sites for hydroxylation is 1. The average Bonchev–Trinajstić information content (AvgIpc) is 2.93. The lowest BCUT2D eigenvalue weighted by atomic mass is 10.1. The lowest BCUT2D eigenvalue weighted by Gasteiger charge is -2.15. The van der Waals surface area contributed by atoms with Gasteiger partial charge in [0.2, 0.25) is 0 Å². The lowest BCUT2D eigenvalue weighted by Crippen LogP contribution is -2.44. The molecule has 21 heavy (non-hydrogen) atoms. The topological polar surface area (TPSA) is 119 Å². The number of rotatable bonds is 6. The van der Waals surface area contributed by atoms with Crippen molar-refractivity contribution in [1.29, 1.82) is 0 Å². The van der Waals surface area contributed by atoms with Crippen LogP contribution in [0.3, 0.4) is 0 Å². The Kier molecular flexibility index (Phi) is 4.43. The first-order valence-corrected chi connectivity index (χ1v) is 6.28.